The summed E-state index contributed by atoms with van der Waals surface area (Å²) < 4.78 is 5.83. The first-order valence-corrected chi connectivity index (χ1v) is 14.2. The highest BCUT2D eigenvalue weighted by molar-refractivity contribution is 8.15. The van der Waals surface area contributed by atoms with Crippen molar-refractivity contribution < 1.29 is 14.3 Å². The molecule has 3 aliphatic heterocycles. The molecule has 2 N–H and O–H groups in total. The summed E-state index contributed by atoms with van der Waals surface area (Å²) in [6, 6.07) is 16.6. The molecule has 5 rings (SSSR count). The number of piperazine rings is 1. The number of nitrogens with one attached hydrogen (secondary N) is 2. The number of nitrogens with zero attached hydrogens (tertiary/aromatic N) is 4. The summed E-state index contributed by atoms with van der Waals surface area (Å²) in [5.74, 6) is 2.12. The van der Waals surface area contributed by atoms with E-state index >= 15 is 0 Å². The average Bonchev–Trinajstić information content (AvgIpc) is 2.97. The van der Waals surface area contributed by atoms with Crippen molar-refractivity contribution in [2.75, 3.05) is 58.4 Å². The smallest absolute Gasteiger partial charge is 0.327 e. The molecule has 1 fully saturated rings. The van der Waals surface area contributed by atoms with E-state index in [9.17, 15) is 9.59 Å². The lowest BCUT2D eigenvalue weighted by molar-refractivity contribution is -0.107. The molecule has 1 atom stereocenters. The Kier molecular flexibility index (Phi) is 11.9. The largest absolute Gasteiger partial charge is 0.457 e. The highest BCUT2D eigenvalue weighted by atomic mass is 32.2. The van der Waals surface area contributed by atoms with Gasteiger partial charge in [-0.15, -0.1) is 0 Å². The number of anilines is 1. The van der Waals surface area contributed by atoms with Gasteiger partial charge in [0.1, 0.15) is 35.3 Å². The number of aldehydes is 1. The molecular weight excluding hydrogens is 512 g/mol. The van der Waals surface area contributed by atoms with Gasteiger partial charge in [0, 0.05) is 31.8 Å². The molecule has 2 aromatic rings. The first-order valence-electron chi connectivity index (χ1n) is 13.4. The molecule has 9 nitrogen and oxygen atoms in total. The van der Waals surface area contributed by atoms with Crippen LogP contribution >= 0.6 is 11.8 Å². The van der Waals surface area contributed by atoms with E-state index in [4.69, 9.17) is 4.74 Å². The van der Waals surface area contributed by atoms with Gasteiger partial charge < -0.3 is 30.0 Å². The number of likely N-dealkylation sites (N-methyl/N-ethyl adjacent to an activating group) is 2. The monoisotopic (exact) mass is 552 g/mol. The number of urea groups is 1. The van der Waals surface area contributed by atoms with Crippen molar-refractivity contribution in [3.8, 4) is 11.5 Å². The van der Waals surface area contributed by atoms with Gasteiger partial charge in [0.25, 0.3) is 0 Å². The number of rotatable bonds is 5. The normalized spacial score (nSPS) is 18.1. The summed E-state index contributed by atoms with van der Waals surface area (Å²) in [6.07, 6.45) is 0.889. The minimum Gasteiger partial charge on any atom is -0.457 e. The first kappa shape index (κ1) is 30.2. The summed E-state index contributed by atoms with van der Waals surface area (Å²) in [5, 5.41) is 6.64. The van der Waals surface area contributed by atoms with Crippen LogP contribution in [-0.2, 0) is 4.79 Å². The second-order valence-corrected chi connectivity index (χ2v) is 10.5. The van der Waals surface area contributed by atoms with Gasteiger partial charge in [-0.3, -0.25) is 4.99 Å². The second kappa shape index (κ2) is 15.3. The van der Waals surface area contributed by atoms with Crippen molar-refractivity contribution in [1.82, 2.24) is 20.4 Å². The Morgan fingerprint density at radius 1 is 0.923 bits per heavy atom. The van der Waals surface area contributed by atoms with E-state index in [0.717, 1.165) is 22.7 Å². The molecule has 0 radical (unpaired) electrons. The number of hydrogen-bond acceptors (Lipinski definition) is 8. The van der Waals surface area contributed by atoms with Crippen molar-refractivity contribution in [2.24, 2.45) is 4.99 Å². The molecule has 0 saturated carbocycles. The topological polar surface area (TPSA) is 89.5 Å². The third-order valence-corrected chi connectivity index (χ3v) is 7.23. The van der Waals surface area contributed by atoms with Crippen molar-refractivity contribution in [3.05, 3.63) is 66.0 Å². The fourth-order valence-electron chi connectivity index (χ4n) is 3.96. The van der Waals surface area contributed by atoms with E-state index in [1.54, 1.807) is 4.90 Å². The fourth-order valence-corrected chi connectivity index (χ4v) is 4.82. The predicted octanol–water partition coefficient (Wildman–Crippen LogP) is 4.39. The predicted molar refractivity (Wildman–Crippen MR) is 161 cm³/mol. The maximum Gasteiger partial charge on any atom is 0.327 e. The van der Waals surface area contributed by atoms with E-state index in [-0.39, 0.29) is 11.3 Å². The van der Waals surface area contributed by atoms with Crippen molar-refractivity contribution in [1.29, 1.82) is 0 Å². The Balaban J connectivity index is 0.000000357. The Morgan fingerprint density at radius 3 is 2.10 bits per heavy atom. The number of hydrogen-bond donors (Lipinski definition) is 2. The molecule has 0 bridgehead atoms. The summed E-state index contributed by atoms with van der Waals surface area (Å²) in [6.45, 7) is 11.5. The lowest BCUT2D eigenvalue weighted by Crippen LogP contribution is -2.51. The summed E-state index contributed by atoms with van der Waals surface area (Å²) in [7, 11) is 4.35. The number of ether oxygens (including phenoxy) is 1. The number of amides is 2. The van der Waals surface area contributed by atoms with Gasteiger partial charge in [0.15, 0.2) is 0 Å². The van der Waals surface area contributed by atoms with E-state index in [2.05, 4.69) is 39.5 Å². The van der Waals surface area contributed by atoms with Gasteiger partial charge in [0.05, 0.1) is 17.5 Å². The standard InChI is InChI=1S/C21H20N4O3S.C6H14N2.C2H6/c1-14(12-26)29-20-18-11-22-21(27)25(19(18)23-13-24-20)15-7-9-17(10-8-15)28-16-5-3-2-4-6-16;1-7-3-5-8(2)6-4-7;1-2/h2-10,12,14,23H,11,13H2,1H3,(H,22,27);3-6H2,1-2H3;1-2H3. The molecule has 3 heterocycles. The van der Waals surface area contributed by atoms with Crippen LogP contribution in [0.3, 0.4) is 0 Å². The Morgan fingerprint density at radius 2 is 1.51 bits per heavy atom. The van der Waals surface area contributed by atoms with Gasteiger partial charge >= 0.3 is 6.03 Å². The van der Waals surface area contributed by atoms with Crippen molar-refractivity contribution in [2.45, 2.75) is 26.0 Å². The number of benzene rings is 2. The van der Waals surface area contributed by atoms with E-state index in [1.165, 1.54) is 37.9 Å². The zero-order chi connectivity index (χ0) is 28.2. The second-order valence-electron chi connectivity index (χ2n) is 9.09. The van der Waals surface area contributed by atoms with Gasteiger partial charge in [-0.05, 0) is 57.4 Å². The highest BCUT2D eigenvalue weighted by Crippen LogP contribution is 2.31. The third kappa shape index (κ3) is 8.58. The maximum absolute atomic E-state index is 12.6. The Bertz CT molecular complexity index is 1120. The van der Waals surface area contributed by atoms with Crippen LogP contribution in [-0.4, -0.2) is 85.9 Å². The maximum atomic E-state index is 12.6. The van der Waals surface area contributed by atoms with Crippen LogP contribution in [0.5, 0.6) is 11.5 Å². The Hall–Kier alpha value is -3.34. The molecule has 1 saturated heterocycles. The van der Waals surface area contributed by atoms with Gasteiger partial charge in [0.2, 0.25) is 0 Å². The minimum atomic E-state index is -0.220. The molecule has 0 spiro atoms. The summed E-state index contributed by atoms with van der Waals surface area (Å²) in [5.41, 5.74) is 1.58. The minimum absolute atomic E-state index is 0.207. The molecule has 39 heavy (non-hydrogen) atoms. The van der Waals surface area contributed by atoms with Crippen LogP contribution in [0.1, 0.15) is 20.8 Å². The molecular formula is C29H40N6O3S. The first-order chi connectivity index (χ1) is 18.9. The molecule has 210 valence electrons. The van der Waals surface area contributed by atoms with Crippen molar-refractivity contribution >= 4 is 34.8 Å². The van der Waals surface area contributed by atoms with Gasteiger partial charge in [-0.25, -0.2) is 9.69 Å². The van der Waals surface area contributed by atoms with Crippen LogP contribution in [0.2, 0.25) is 0 Å². The number of aliphatic imine (C=N–C) groups is 1. The SMILES string of the molecule is CC.CC(C=O)SC1=NCNC2=C1CNC(=O)N2c1ccc(Oc2ccccc2)cc1.CN1CCN(C)CC1. The molecule has 0 aromatic heterocycles. The van der Waals surface area contributed by atoms with Crippen LogP contribution in [0.15, 0.2) is 71.0 Å². The number of carbonyl (C=O) groups is 2. The fraction of sp³-hybridized carbons (Fsp3) is 0.414. The highest BCUT2D eigenvalue weighted by Gasteiger charge is 2.32. The van der Waals surface area contributed by atoms with Crippen LogP contribution < -0.4 is 20.3 Å². The number of thioether (sulfide) groups is 1. The molecule has 10 heteroatoms. The third-order valence-electron chi connectivity index (χ3n) is 6.15. The van der Waals surface area contributed by atoms with Crippen molar-refractivity contribution in [3.63, 3.8) is 0 Å². The number of para-hydroxylation sites is 1. The average molecular weight is 553 g/mol. The zero-order valence-corrected chi connectivity index (χ0v) is 24.3. The number of carbonyl (C=O) groups excluding carboxylic acids is 2. The summed E-state index contributed by atoms with van der Waals surface area (Å²) >= 11 is 1.39. The van der Waals surface area contributed by atoms with Crippen LogP contribution in [0, 0.1) is 0 Å². The molecule has 0 aliphatic carbocycles. The lowest BCUT2D eigenvalue weighted by Gasteiger charge is -2.35. The van der Waals surface area contributed by atoms with Gasteiger partial charge in [-0.1, -0.05) is 43.8 Å². The molecule has 2 amide bonds. The van der Waals surface area contributed by atoms with E-state index < -0.39 is 0 Å². The van der Waals surface area contributed by atoms with Crippen LogP contribution in [0.4, 0.5) is 10.5 Å². The van der Waals surface area contributed by atoms with E-state index in [0.29, 0.717) is 30.5 Å². The zero-order valence-electron chi connectivity index (χ0n) is 23.5. The summed E-state index contributed by atoms with van der Waals surface area (Å²) in [4.78, 5) is 34.4. The van der Waals surface area contributed by atoms with Gasteiger partial charge in [-0.2, -0.15) is 0 Å². The van der Waals surface area contributed by atoms with E-state index in [1.807, 2.05) is 75.4 Å². The molecule has 2 aromatic carbocycles. The molecule has 3 aliphatic rings. The van der Waals surface area contributed by atoms with Crippen LogP contribution in [0.25, 0.3) is 0 Å². The quantitative estimate of drug-likeness (QED) is 0.532. The Labute approximate surface area is 236 Å². The molecule has 1 unspecified atom stereocenters. The lowest BCUT2D eigenvalue weighted by atomic mass is 10.2.